The van der Waals surface area contributed by atoms with E-state index >= 15 is 0 Å². The van der Waals surface area contributed by atoms with Gasteiger partial charge in [0.25, 0.3) is 0 Å². The van der Waals surface area contributed by atoms with Crippen molar-refractivity contribution in [3.63, 3.8) is 0 Å². The van der Waals surface area contributed by atoms with E-state index in [1.165, 1.54) is 32.1 Å². The van der Waals surface area contributed by atoms with E-state index in [0.29, 0.717) is 18.0 Å². The molecule has 1 aliphatic carbocycles. The van der Waals surface area contributed by atoms with Crippen LogP contribution in [0, 0.1) is 5.92 Å². The van der Waals surface area contributed by atoms with Crippen LogP contribution < -0.4 is 28.3 Å². The molecule has 9 N–H and O–H groups in total. The van der Waals surface area contributed by atoms with Crippen molar-refractivity contribution >= 4 is 23.5 Å². The molecule has 0 unspecified atom stereocenters. The maximum atomic E-state index is 12.6. The molecule has 2 atom stereocenters. The zero-order chi connectivity index (χ0) is 21.2. The number of nitrogens with one attached hydrogen (secondary N) is 1. The van der Waals surface area contributed by atoms with Crippen LogP contribution in [0.3, 0.4) is 0 Å². The van der Waals surface area contributed by atoms with Crippen molar-refractivity contribution in [2.75, 3.05) is 0 Å². The van der Waals surface area contributed by atoms with Gasteiger partial charge in [-0.1, -0.05) is 44.2 Å². The summed E-state index contributed by atoms with van der Waals surface area (Å²) in [6.07, 6.45) is 8.56. The Morgan fingerprint density at radius 3 is 2.31 bits per heavy atom. The van der Waals surface area contributed by atoms with Gasteiger partial charge in [-0.3, -0.25) is 9.59 Å². The van der Waals surface area contributed by atoms with Crippen molar-refractivity contribution in [3.8, 4) is 0 Å². The van der Waals surface area contributed by atoms with E-state index in [4.69, 9.17) is 22.9 Å². The molecule has 8 nitrogen and oxygen atoms in total. The van der Waals surface area contributed by atoms with Crippen molar-refractivity contribution in [1.82, 2.24) is 5.32 Å². The lowest BCUT2D eigenvalue weighted by Crippen LogP contribution is -2.47. The Kier molecular flexibility index (Phi) is 8.92. The Labute approximate surface area is 172 Å². The zero-order valence-corrected chi connectivity index (χ0v) is 17.0. The van der Waals surface area contributed by atoms with E-state index in [1.807, 2.05) is 12.1 Å². The maximum absolute atomic E-state index is 12.6. The fourth-order valence-corrected chi connectivity index (χ4v) is 3.89. The van der Waals surface area contributed by atoms with Gasteiger partial charge in [0, 0.05) is 12.5 Å². The van der Waals surface area contributed by atoms with Gasteiger partial charge in [-0.2, -0.15) is 0 Å². The minimum Gasteiger partial charge on any atom is -0.370 e. The number of guanidine groups is 1. The first-order valence-corrected chi connectivity index (χ1v) is 10.4. The third kappa shape index (κ3) is 8.51. The molecule has 2 amide bonds. The van der Waals surface area contributed by atoms with Gasteiger partial charge in [-0.05, 0) is 42.9 Å². The average Bonchev–Trinajstić information content (AvgIpc) is 2.67. The Balaban J connectivity index is 1.87. The molecule has 29 heavy (non-hydrogen) atoms. The molecule has 1 aliphatic rings. The highest BCUT2D eigenvalue weighted by Gasteiger charge is 2.22. The second-order valence-corrected chi connectivity index (χ2v) is 7.97. The van der Waals surface area contributed by atoms with Crippen molar-refractivity contribution < 1.29 is 9.59 Å². The summed E-state index contributed by atoms with van der Waals surface area (Å²) in [5, 5.41) is 2.93. The van der Waals surface area contributed by atoms with Crippen LogP contribution in [0.15, 0.2) is 29.3 Å². The van der Waals surface area contributed by atoms with Gasteiger partial charge in [0.05, 0.1) is 11.7 Å². The number of benzene rings is 1. The number of nitrogens with zero attached hydrogens (tertiary/aromatic N) is 1. The predicted molar refractivity (Wildman–Crippen MR) is 115 cm³/mol. The molecule has 1 fully saturated rings. The van der Waals surface area contributed by atoms with E-state index in [9.17, 15) is 9.59 Å². The second-order valence-electron chi connectivity index (χ2n) is 7.97. The van der Waals surface area contributed by atoms with Gasteiger partial charge < -0.3 is 28.3 Å². The molecule has 0 aliphatic heterocycles. The van der Waals surface area contributed by atoms with Gasteiger partial charge in [0.2, 0.25) is 11.8 Å². The third-order valence-corrected chi connectivity index (χ3v) is 5.43. The lowest BCUT2D eigenvalue weighted by atomic mass is 9.85. The highest BCUT2D eigenvalue weighted by molar-refractivity contribution is 5.83. The first kappa shape index (κ1) is 22.7. The normalized spacial score (nSPS) is 16.6. The first-order chi connectivity index (χ1) is 13.8. The van der Waals surface area contributed by atoms with E-state index in [2.05, 4.69) is 10.3 Å². The molecule has 8 heteroatoms. The molecule has 2 rings (SSSR count). The molecular formula is C21H34N6O2. The Hall–Kier alpha value is -2.61. The summed E-state index contributed by atoms with van der Waals surface area (Å²) >= 11 is 0. The lowest BCUT2D eigenvalue weighted by Gasteiger charge is -2.25. The van der Waals surface area contributed by atoms with Crippen LogP contribution in [-0.4, -0.2) is 29.9 Å². The smallest absolute Gasteiger partial charge is 0.237 e. The fourth-order valence-electron chi connectivity index (χ4n) is 3.89. The van der Waals surface area contributed by atoms with E-state index in [-0.39, 0.29) is 24.3 Å². The molecule has 1 saturated carbocycles. The Morgan fingerprint density at radius 1 is 1.07 bits per heavy atom. The van der Waals surface area contributed by atoms with Gasteiger partial charge in [0.15, 0.2) is 5.96 Å². The lowest BCUT2D eigenvalue weighted by molar-refractivity contribution is -0.123. The number of amides is 2. The number of aliphatic imine (C=N–C) groups is 1. The highest BCUT2D eigenvalue weighted by atomic mass is 16.2. The van der Waals surface area contributed by atoms with Crippen molar-refractivity contribution in [2.24, 2.45) is 33.8 Å². The van der Waals surface area contributed by atoms with Crippen LogP contribution in [-0.2, 0) is 16.0 Å². The minimum absolute atomic E-state index is 0.0115. The second kappa shape index (κ2) is 11.4. The standard InChI is InChI=1S/C21H34N6O2/c22-18(12-15-7-9-16(10-8-15)27-21(24)25)20(29)26-17(13-19(23)28)11-6-14-4-2-1-3-5-14/h7-10,14,17-18H,1-6,11-13,22H2,(H2,23,28)(H,26,29)(H4,24,25,27)/t17-,18-/m0/s1. The fraction of sp³-hybridized carbons (Fsp3) is 0.571. The van der Waals surface area contributed by atoms with Crippen LogP contribution in [0.2, 0.25) is 0 Å². The average molecular weight is 403 g/mol. The molecule has 0 bridgehead atoms. The SMILES string of the molecule is NC(=O)C[C@H](CCC1CCCCC1)NC(=O)[C@@H](N)Cc1ccc(N=C(N)N)cc1. The van der Waals surface area contributed by atoms with Crippen molar-refractivity contribution in [3.05, 3.63) is 29.8 Å². The molecule has 0 heterocycles. The van der Waals surface area contributed by atoms with Crippen LogP contribution in [0.4, 0.5) is 5.69 Å². The van der Waals surface area contributed by atoms with Crippen LogP contribution in [0.25, 0.3) is 0 Å². The minimum atomic E-state index is -0.714. The van der Waals surface area contributed by atoms with Crippen LogP contribution in [0.1, 0.15) is 56.9 Å². The molecule has 0 aromatic heterocycles. The highest BCUT2D eigenvalue weighted by Crippen LogP contribution is 2.28. The summed E-state index contributed by atoms with van der Waals surface area (Å²) in [6.45, 7) is 0. The molecular weight excluding hydrogens is 368 g/mol. The van der Waals surface area contributed by atoms with Crippen LogP contribution in [0.5, 0.6) is 0 Å². The maximum Gasteiger partial charge on any atom is 0.237 e. The van der Waals surface area contributed by atoms with E-state index < -0.39 is 11.9 Å². The number of hydrogen-bond donors (Lipinski definition) is 5. The molecule has 160 valence electrons. The van der Waals surface area contributed by atoms with Crippen LogP contribution >= 0.6 is 0 Å². The summed E-state index contributed by atoms with van der Waals surface area (Å²) in [7, 11) is 0. The number of carbonyl (C=O) groups excluding carboxylic acids is 2. The van der Waals surface area contributed by atoms with Gasteiger partial charge in [-0.15, -0.1) is 0 Å². The van der Waals surface area contributed by atoms with E-state index in [0.717, 1.165) is 18.4 Å². The molecule has 1 aromatic carbocycles. The number of rotatable bonds is 10. The van der Waals surface area contributed by atoms with E-state index in [1.54, 1.807) is 12.1 Å². The number of nitrogens with two attached hydrogens (primary N) is 4. The predicted octanol–water partition coefficient (Wildman–Crippen LogP) is 1.18. The summed E-state index contributed by atoms with van der Waals surface area (Å²) < 4.78 is 0. The quantitative estimate of drug-likeness (QED) is 0.293. The number of primary amides is 1. The topological polar surface area (TPSA) is 163 Å². The number of carbonyl (C=O) groups is 2. The number of hydrogen-bond acceptors (Lipinski definition) is 4. The largest absolute Gasteiger partial charge is 0.370 e. The monoisotopic (exact) mass is 402 g/mol. The van der Waals surface area contributed by atoms with Crippen molar-refractivity contribution in [2.45, 2.75) is 69.9 Å². The molecule has 0 radical (unpaired) electrons. The summed E-state index contributed by atoms with van der Waals surface area (Å²) in [5.41, 5.74) is 23.7. The van der Waals surface area contributed by atoms with Gasteiger partial charge in [-0.25, -0.2) is 4.99 Å². The molecule has 0 spiro atoms. The summed E-state index contributed by atoms with van der Waals surface area (Å²) in [6, 6.07) is 6.21. The first-order valence-electron chi connectivity index (χ1n) is 10.4. The van der Waals surface area contributed by atoms with Gasteiger partial charge in [0.1, 0.15) is 0 Å². The zero-order valence-electron chi connectivity index (χ0n) is 17.0. The molecule has 0 saturated heterocycles. The summed E-state index contributed by atoms with van der Waals surface area (Å²) in [4.78, 5) is 27.9. The summed E-state index contributed by atoms with van der Waals surface area (Å²) in [5.74, 6) is -0.0213. The third-order valence-electron chi connectivity index (χ3n) is 5.43. The van der Waals surface area contributed by atoms with Crippen molar-refractivity contribution in [1.29, 1.82) is 0 Å². The van der Waals surface area contributed by atoms with Gasteiger partial charge >= 0.3 is 0 Å². The Bertz CT molecular complexity index is 694. The Morgan fingerprint density at radius 2 is 1.72 bits per heavy atom. The molecule has 1 aromatic rings.